The normalized spacial score (nSPS) is 16.4. The molecule has 0 aromatic heterocycles. The minimum Gasteiger partial charge on any atom is -0.480 e. The molecule has 0 atom stereocenters. The zero-order chi connectivity index (χ0) is 13.6. The van der Waals surface area contributed by atoms with Gasteiger partial charge in [-0.2, -0.15) is 0 Å². The van der Waals surface area contributed by atoms with Gasteiger partial charge in [-0.3, -0.25) is 0 Å². The maximum atomic E-state index is 11.4. The molecule has 7 heteroatoms. The predicted molar refractivity (Wildman–Crippen MR) is 65.5 cm³/mol. The fourth-order valence-corrected chi connectivity index (χ4v) is 1.36. The van der Waals surface area contributed by atoms with Gasteiger partial charge in [0.1, 0.15) is 5.54 Å². The van der Waals surface area contributed by atoms with Crippen LogP contribution in [0.2, 0.25) is 0 Å². The first-order valence-corrected chi connectivity index (χ1v) is 5.98. The van der Waals surface area contributed by atoms with E-state index >= 15 is 0 Å². The van der Waals surface area contributed by atoms with Gasteiger partial charge in [0.15, 0.2) is 0 Å². The second kappa shape index (κ2) is 6.55. The van der Waals surface area contributed by atoms with Crippen molar-refractivity contribution >= 4 is 12.0 Å². The highest BCUT2D eigenvalue weighted by molar-refractivity contribution is 5.88. The lowest BCUT2D eigenvalue weighted by atomic mass is 10.3. The average Bonchev–Trinajstić information content (AvgIpc) is 3.03. The Bertz CT molecular complexity index is 303. The molecule has 0 aliphatic heterocycles. The minimum atomic E-state index is -1.03. The number of carboxylic acids is 1. The highest BCUT2D eigenvalue weighted by Gasteiger charge is 2.51. The number of urea groups is 1. The van der Waals surface area contributed by atoms with E-state index in [9.17, 15) is 9.59 Å². The molecule has 0 heterocycles. The first-order chi connectivity index (χ1) is 8.46. The molecular formula is C11H21N3O4. The van der Waals surface area contributed by atoms with E-state index < -0.39 is 17.5 Å². The molecule has 0 bridgehead atoms. The molecular weight excluding hydrogens is 238 g/mol. The molecule has 2 amide bonds. The second-order valence-electron chi connectivity index (χ2n) is 4.68. The molecule has 0 aromatic rings. The van der Waals surface area contributed by atoms with Crippen molar-refractivity contribution in [3.05, 3.63) is 0 Å². The lowest BCUT2D eigenvalue weighted by molar-refractivity contribution is -0.140. The molecule has 1 aliphatic rings. The van der Waals surface area contributed by atoms with E-state index in [4.69, 9.17) is 9.84 Å². The number of ether oxygens (including phenoxy) is 1. The van der Waals surface area contributed by atoms with Crippen LogP contribution in [-0.4, -0.2) is 67.9 Å². The Morgan fingerprint density at radius 1 is 1.33 bits per heavy atom. The number of amides is 2. The maximum absolute atomic E-state index is 11.4. The van der Waals surface area contributed by atoms with Crippen LogP contribution in [0.25, 0.3) is 0 Å². The van der Waals surface area contributed by atoms with Crippen LogP contribution in [0.5, 0.6) is 0 Å². The third-order valence-corrected chi connectivity index (χ3v) is 2.73. The van der Waals surface area contributed by atoms with Gasteiger partial charge in [0.05, 0.1) is 13.2 Å². The lowest BCUT2D eigenvalue weighted by Gasteiger charge is -2.14. The van der Waals surface area contributed by atoms with Gasteiger partial charge in [0, 0.05) is 13.1 Å². The summed E-state index contributed by atoms with van der Waals surface area (Å²) >= 11 is 0. The summed E-state index contributed by atoms with van der Waals surface area (Å²) in [5.41, 5.74) is -1.03. The maximum Gasteiger partial charge on any atom is 0.329 e. The zero-order valence-electron chi connectivity index (χ0n) is 10.9. The Hall–Kier alpha value is -1.34. The molecule has 0 spiro atoms. The predicted octanol–water partition coefficient (Wildman–Crippen LogP) is -0.519. The largest absolute Gasteiger partial charge is 0.480 e. The molecule has 7 nitrogen and oxygen atoms in total. The summed E-state index contributed by atoms with van der Waals surface area (Å²) in [6.45, 7) is 2.22. The van der Waals surface area contributed by atoms with Crippen LogP contribution in [0.1, 0.15) is 12.8 Å². The van der Waals surface area contributed by atoms with Gasteiger partial charge >= 0.3 is 12.0 Å². The Labute approximate surface area is 106 Å². The van der Waals surface area contributed by atoms with E-state index in [0.29, 0.717) is 32.6 Å². The SMILES string of the molecule is CN(C)CCOCCNC(=O)NC1(C(=O)O)CC1. The van der Waals surface area contributed by atoms with Crippen LogP contribution < -0.4 is 10.6 Å². The Morgan fingerprint density at radius 3 is 2.50 bits per heavy atom. The number of nitrogens with zero attached hydrogens (tertiary/aromatic N) is 1. The number of aliphatic carboxylic acids is 1. The number of carboxylic acid groups (broad SMARTS) is 1. The van der Waals surface area contributed by atoms with Crippen molar-refractivity contribution in [3.8, 4) is 0 Å². The fraction of sp³-hybridized carbons (Fsp3) is 0.818. The smallest absolute Gasteiger partial charge is 0.329 e. The van der Waals surface area contributed by atoms with Crippen molar-refractivity contribution in [2.45, 2.75) is 18.4 Å². The third kappa shape index (κ3) is 4.89. The summed E-state index contributed by atoms with van der Waals surface area (Å²) in [5, 5.41) is 13.9. The van der Waals surface area contributed by atoms with Gasteiger partial charge in [0.2, 0.25) is 0 Å². The lowest BCUT2D eigenvalue weighted by Crippen LogP contribution is -2.48. The van der Waals surface area contributed by atoms with Crippen molar-refractivity contribution in [1.29, 1.82) is 0 Å². The standard InChI is InChI=1S/C11H21N3O4/c1-14(2)6-8-18-7-5-12-10(17)13-11(3-4-11)9(15)16/h3-8H2,1-2H3,(H,15,16)(H2,12,13,17). The third-order valence-electron chi connectivity index (χ3n) is 2.73. The summed E-state index contributed by atoms with van der Waals surface area (Å²) in [7, 11) is 3.91. The van der Waals surface area contributed by atoms with Crippen molar-refractivity contribution in [2.75, 3.05) is 40.4 Å². The van der Waals surface area contributed by atoms with Crippen LogP contribution >= 0.6 is 0 Å². The number of carbonyl (C=O) groups excluding carboxylic acids is 1. The zero-order valence-corrected chi connectivity index (χ0v) is 10.9. The summed E-state index contributed by atoms with van der Waals surface area (Å²) in [5.74, 6) is -0.972. The number of nitrogens with one attached hydrogen (secondary N) is 2. The fourth-order valence-electron chi connectivity index (χ4n) is 1.36. The van der Waals surface area contributed by atoms with Gasteiger partial charge in [-0.1, -0.05) is 0 Å². The van der Waals surface area contributed by atoms with Gasteiger partial charge in [0.25, 0.3) is 0 Å². The van der Waals surface area contributed by atoms with Crippen LogP contribution in [0.15, 0.2) is 0 Å². The molecule has 0 radical (unpaired) electrons. The molecule has 3 N–H and O–H groups in total. The van der Waals surface area contributed by atoms with E-state index in [-0.39, 0.29) is 0 Å². The number of hydrogen-bond donors (Lipinski definition) is 3. The molecule has 0 saturated heterocycles. The summed E-state index contributed by atoms with van der Waals surface area (Å²) in [6, 6.07) is -0.453. The number of rotatable bonds is 8. The molecule has 18 heavy (non-hydrogen) atoms. The van der Waals surface area contributed by atoms with Crippen molar-refractivity contribution in [3.63, 3.8) is 0 Å². The van der Waals surface area contributed by atoms with Crippen LogP contribution in [-0.2, 0) is 9.53 Å². The van der Waals surface area contributed by atoms with Gasteiger partial charge in [-0.25, -0.2) is 9.59 Å². The van der Waals surface area contributed by atoms with Gasteiger partial charge < -0.3 is 25.4 Å². The van der Waals surface area contributed by atoms with E-state index in [1.807, 2.05) is 19.0 Å². The first kappa shape index (κ1) is 14.7. The van der Waals surface area contributed by atoms with Gasteiger partial charge in [-0.05, 0) is 26.9 Å². The average molecular weight is 259 g/mol. The monoisotopic (exact) mass is 259 g/mol. The molecule has 0 unspecified atom stereocenters. The molecule has 104 valence electrons. The van der Waals surface area contributed by atoms with E-state index in [2.05, 4.69) is 10.6 Å². The van der Waals surface area contributed by atoms with Gasteiger partial charge in [-0.15, -0.1) is 0 Å². The van der Waals surface area contributed by atoms with Crippen LogP contribution in [0.4, 0.5) is 4.79 Å². The molecule has 1 aliphatic carbocycles. The highest BCUT2D eigenvalue weighted by atomic mass is 16.5. The van der Waals surface area contributed by atoms with Crippen molar-refractivity contribution in [2.24, 2.45) is 0 Å². The van der Waals surface area contributed by atoms with E-state index in [1.165, 1.54) is 0 Å². The Morgan fingerprint density at radius 2 is 2.00 bits per heavy atom. The van der Waals surface area contributed by atoms with Crippen molar-refractivity contribution < 1.29 is 19.4 Å². The Kier molecular flexibility index (Phi) is 5.36. The van der Waals surface area contributed by atoms with Crippen LogP contribution in [0.3, 0.4) is 0 Å². The molecule has 1 fully saturated rings. The first-order valence-electron chi connectivity index (χ1n) is 5.98. The molecule has 1 rings (SSSR count). The number of hydrogen-bond acceptors (Lipinski definition) is 4. The second-order valence-corrected chi connectivity index (χ2v) is 4.68. The van der Waals surface area contributed by atoms with E-state index in [0.717, 1.165) is 6.54 Å². The minimum absolute atomic E-state index is 0.370. The Balaban J connectivity index is 2.03. The topological polar surface area (TPSA) is 90.9 Å². The summed E-state index contributed by atoms with van der Waals surface area (Å²) in [4.78, 5) is 24.2. The molecule has 0 aromatic carbocycles. The summed E-state index contributed by atoms with van der Waals surface area (Å²) < 4.78 is 5.29. The number of carbonyl (C=O) groups is 2. The quantitative estimate of drug-likeness (QED) is 0.510. The number of likely N-dealkylation sites (N-methyl/N-ethyl adjacent to an activating group) is 1. The van der Waals surface area contributed by atoms with E-state index in [1.54, 1.807) is 0 Å². The summed E-state index contributed by atoms with van der Waals surface area (Å²) in [6.07, 6.45) is 0.990. The van der Waals surface area contributed by atoms with Crippen molar-refractivity contribution in [1.82, 2.24) is 15.5 Å². The molecule has 1 saturated carbocycles. The highest BCUT2D eigenvalue weighted by Crippen LogP contribution is 2.35. The van der Waals surface area contributed by atoms with Crippen LogP contribution in [0, 0.1) is 0 Å².